The molecule has 2 atom stereocenters. The van der Waals surface area contributed by atoms with Crippen molar-refractivity contribution in [3.63, 3.8) is 0 Å². The molecule has 0 saturated carbocycles. The highest BCUT2D eigenvalue weighted by Crippen LogP contribution is 2.41. The summed E-state index contributed by atoms with van der Waals surface area (Å²) in [5.41, 5.74) is 7.98. The Morgan fingerprint density at radius 2 is 1.95 bits per heavy atom. The van der Waals surface area contributed by atoms with Crippen molar-refractivity contribution < 1.29 is 9.13 Å². The van der Waals surface area contributed by atoms with Gasteiger partial charge in [0.1, 0.15) is 17.7 Å². The Morgan fingerprint density at radius 1 is 1.16 bits per heavy atom. The van der Waals surface area contributed by atoms with Gasteiger partial charge in [-0.2, -0.15) is 0 Å². The van der Waals surface area contributed by atoms with Crippen LogP contribution in [0.5, 0.6) is 5.75 Å². The molecule has 2 aromatic carbocycles. The quantitative estimate of drug-likeness (QED) is 0.857. The maximum Gasteiger partial charge on any atom is 0.127 e. The summed E-state index contributed by atoms with van der Waals surface area (Å²) in [6, 6.07) is 12.2. The highest BCUT2D eigenvalue weighted by Gasteiger charge is 2.28. The smallest absolute Gasteiger partial charge is 0.127 e. The lowest BCUT2D eigenvalue weighted by atomic mass is 9.93. The van der Waals surface area contributed by atoms with Crippen LogP contribution in [-0.2, 0) is 0 Å². The molecule has 4 heteroatoms. The fourth-order valence-corrected chi connectivity index (χ4v) is 2.91. The number of halogens is 2. The molecular weight excluding hydrogens is 309 g/mol. The third kappa shape index (κ3) is 2.38. The lowest BCUT2D eigenvalue weighted by Gasteiger charge is -2.31. The molecule has 0 fully saturated rings. The number of benzene rings is 2. The monoisotopic (exact) mass is 321 g/mol. The summed E-state index contributed by atoms with van der Waals surface area (Å²) >= 11 is 3.44. The van der Waals surface area contributed by atoms with Crippen LogP contribution >= 0.6 is 15.9 Å². The van der Waals surface area contributed by atoms with Gasteiger partial charge in [-0.25, -0.2) is 4.39 Å². The van der Waals surface area contributed by atoms with Crippen molar-refractivity contribution in [3.05, 3.63) is 63.9 Å². The van der Waals surface area contributed by atoms with Crippen LogP contribution in [0.4, 0.5) is 4.39 Å². The molecule has 1 heterocycles. The van der Waals surface area contributed by atoms with Gasteiger partial charge >= 0.3 is 0 Å². The van der Waals surface area contributed by atoms with Crippen LogP contribution in [0.1, 0.15) is 29.7 Å². The maximum atomic E-state index is 13.4. The van der Waals surface area contributed by atoms with E-state index < -0.39 is 0 Å². The Hall–Kier alpha value is -1.39. The summed E-state index contributed by atoms with van der Waals surface area (Å²) in [6.07, 6.45) is 0.411. The Kier molecular flexibility index (Phi) is 3.29. The second-order valence-electron chi connectivity index (χ2n) is 4.65. The van der Waals surface area contributed by atoms with E-state index >= 15 is 0 Å². The van der Waals surface area contributed by atoms with E-state index in [9.17, 15) is 4.39 Å². The number of para-hydroxylation sites is 1. The third-order valence-corrected chi connectivity index (χ3v) is 4.08. The predicted molar refractivity (Wildman–Crippen MR) is 75.5 cm³/mol. The molecule has 98 valence electrons. The normalized spacial score (nSPS) is 21.6. The third-order valence-electron chi connectivity index (χ3n) is 3.36. The Labute approximate surface area is 119 Å². The van der Waals surface area contributed by atoms with Gasteiger partial charge in [-0.05, 0) is 24.3 Å². The molecule has 0 saturated heterocycles. The number of rotatable bonds is 1. The van der Waals surface area contributed by atoms with E-state index in [1.54, 1.807) is 6.07 Å². The van der Waals surface area contributed by atoms with Crippen molar-refractivity contribution in [3.8, 4) is 5.75 Å². The molecule has 0 amide bonds. The van der Waals surface area contributed by atoms with Crippen molar-refractivity contribution >= 4 is 15.9 Å². The van der Waals surface area contributed by atoms with E-state index in [1.165, 1.54) is 12.1 Å². The average molecular weight is 322 g/mol. The van der Waals surface area contributed by atoms with Crippen molar-refractivity contribution in [1.29, 1.82) is 0 Å². The van der Waals surface area contributed by atoms with Gasteiger partial charge in [0.15, 0.2) is 0 Å². The fourth-order valence-electron chi connectivity index (χ4n) is 2.40. The van der Waals surface area contributed by atoms with Crippen molar-refractivity contribution in [2.24, 2.45) is 5.73 Å². The number of fused-ring (bicyclic) bond motifs is 1. The maximum absolute atomic E-state index is 13.4. The average Bonchev–Trinajstić information content (AvgIpc) is 2.41. The molecule has 1 aliphatic rings. The van der Waals surface area contributed by atoms with Gasteiger partial charge in [0, 0.05) is 28.1 Å². The molecule has 2 N–H and O–H groups in total. The first-order valence-corrected chi connectivity index (χ1v) is 6.90. The Bertz CT molecular complexity index is 617. The summed E-state index contributed by atoms with van der Waals surface area (Å²) < 4.78 is 20.2. The zero-order valence-corrected chi connectivity index (χ0v) is 11.7. The molecule has 0 aromatic heterocycles. The van der Waals surface area contributed by atoms with Gasteiger partial charge in [0.25, 0.3) is 0 Å². The minimum absolute atomic E-state index is 0.0925. The number of ether oxygens (including phenoxy) is 1. The predicted octanol–water partition coefficient (Wildman–Crippen LogP) is 4.11. The van der Waals surface area contributed by atoms with Crippen LogP contribution in [0.15, 0.2) is 46.9 Å². The minimum Gasteiger partial charge on any atom is -0.485 e. The second kappa shape index (κ2) is 4.94. The highest BCUT2D eigenvalue weighted by atomic mass is 79.9. The SMILES string of the molecule is N[C@H]1CC(c2cc(F)ccc2Br)Oc2ccccc21. The van der Waals surface area contributed by atoms with E-state index in [2.05, 4.69) is 15.9 Å². The van der Waals surface area contributed by atoms with Gasteiger partial charge in [-0.15, -0.1) is 0 Å². The summed E-state index contributed by atoms with van der Waals surface area (Å²) in [4.78, 5) is 0. The van der Waals surface area contributed by atoms with Gasteiger partial charge in [0.05, 0.1) is 0 Å². The lowest BCUT2D eigenvalue weighted by Crippen LogP contribution is -2.24. The van der Waals surface area contributed by atoms with E-state index in [1.807, 2.05) is 24.3 Å². The molecule has 2 nitrogen and oxygen atoms in total. The Balaban J connectivity index is 1.99. The van der Waals surface area contributed by atoms with Crippen molar-refractivity contribution in [1.82, 2.24) is 0 Å². The summed E-state index contributed by atoms with van der Waals surface area (Å²) in [5.74, 6) is 0.511. The largest absolute Gasteiger partial charge is 0.485 e. The molecule has 0 bridgehead atoms. The summed E-state index contributed by atoms with van der Waals surface area (Å²) in [6.45, 7) is 0. The molecule has 0 radical (unpaired) electrons. The standard InChI is InChI=1S/C15H13BrFNO/c16-12-6-5-9(17)7-11(12)15-8-13(18)10-3-1-2-4-14(10)19-15/h1-7,13,15H,8,18H2/t13-,15?/m0/s1. The molecule has 0 aliphatic carbocycles. The van der Waals surface area contributed by atoms with Crippen molar-refractivity contribution in [2.75, 3.05) is 0 Å². The van der Waals surface area contributed by atoms with E-state index in [0.29, 0.717) is 6.42 Å². The topological polar surface area (TPSA) is 35.2 Å². The second-order valence-corrected chi connectivity index (χ2v) is 5.51. The summed E-state index contributed by atoms with van der Waals surface area (Å²) in [7, 11) is 0. The van der Waals surface area contributed by atoms with Gasteiger partial charge in [-0.1, -0.05) is 34.1 Å². The molecule has 2 aromatic rings. The molecule has 1 unspecified atom stereocenters. The minimum atomic E-state index is -0.269. The number of hydrogen-bond donors (Lipinski definition) is 1. The number of nitrogens with two attached hydrogens (primary N) is 1. The van der Waals surface area contributed by atoms with Crippen LogP contribution < -0.4 is 10.5 Å². The first kappa shape index (κ1) is 12.6. The van der Waals surface area contributed by atoms with E-state index in [0.717, 1.165) is 21.3 Å². The summed E-state index contributed by atoms with van der Waals surface area (Å²) in [5, 5.41) is 0. The molecule has 0 spiro atoms. The van der Waals surface area contributed by atoms with E-state index in [4.69, 9.17) is 10.5 Å². The number of hydrogen-bond acceptors (Lipinski definition) is 2. The van der Waals surface area contributed by atoms with Gasteiger partial charge in [-0.3, -0.25) is 0 Å². The van der Waals surface area contributed by atoms with Crippen LogP contribution in [-0.4, -0.2) is 0 Å². The molecular formula is C15H13BrFNO. The highest BCUT2D eigenvalue weighted by molar-refractivity contribution is 9.10. The zero-order chi connectivity index (χ0) is 13.4. The van der Waals surface area contributed by atoms with Gasteiger partial charge in [0.2, 0.25) is 0 Å². The first-order chi connectivity index (χ1) is 9.15. The Morgan fingerprint density at radius 3 is 2.79 bits per heavy atom. The van der Waals surface area contributed by atoms with Crippen LogP contribution in [0.3, 0.4) is 0 Å². The van der Waals surface area contributed by atoms with Crippen LogP contribution in [0.25, 0.3) is 0 Å². The van der Waals surface area contributed by atoms with Crippen LogP contribution in [0.2, 0.25) is 0 Å². The zero-order valence-electron chi connectivity index (χ0n) is 10.1. The fraction of sp³-hybridized carbons (Fsp3) is 0.200. The first-order valence-electron chi connectivity index (χ1n) is 6.11. The van der Waals surface area contributed by atoms with Gasteiger partial charge < -0.3 is 10.5 Å². The van der Waals surface area contributed by atoms with Crippen LogP contribution in [0, 0.1) is 5.82 Å². The van der Waals surface area contributed by atoms with Crippen molar-refractivity contribution in [2.45, 2.75) is 18.6 Å². The molecule has 1 aliphatic heterocycles. The molecule has 3 rings (SSSR count). The lowest BCUT2D eigenvalue weighted by molar-refractivity contribution is 0.160. The van der Waals surface area contributed by atoms with E-state index in [-0.39, 0.29) is 18.0 Å². The molecule has 19 heavy (non-hydrogen) atoms.